The summed E-state index contributed by atoms with van der Waals surface area (Å²) in [6, 6.07) is 75.0. The van der Waals surface area contributed by atoms with Gasteiger partial charge in [0.25, 0.3) is 0 Å². The predicted octanol–water partition coefficient (Wildman–Crippen LogP) is 19.1. The van der Waals surface area contributed by atoms with Gasteiger partial charge in [-0.3, -0.25) is 0 Å². The average molecular weight is 879 g/mol. The first-order valence-electron chi connectivity index (χ1n) is 24.2. The summed E-state index contributed by atoms with van der Waals surface area (Å²) in [6.45, 7) is 13.7. The third-order valence-corrected chi connectivity index (χ3v) is 13.9. The maximum atomic E-state index is 2.46. The molecule has 68 heavy (non-hydrogen) atoms. The first-order valence-corrected chi connectivity index (χ1v) is 24.2. The Morgan fingerprint density at radius 3 is 1.24 bits per heavy atom. The molecule has 0 amide bonds. The Morgan fingerprint density at radius 1 is 0.338 bits per heavy atom. The van der Waals surface area contributed by atoms with Crippen LogP contribution in [0.4, 0.5) is 28.4 Å². The maximum absolute atomic E-state index is 2.46. The first-order chi connectivity index (χ1) is 33.0. The Hall–Kier alpha value is -7.68. The molecule has 1 aliphatic rings. The van der Waals surface area contributed by atoms with Gasteiger partial charge in [-0.05, 0) is 179 Å². The largest absolute Gasteiger partial charge is 0.311 e. The van der Waals surface area contributed by atoms with Crippen LogP contribution in [-0.2, 0) is 10.8 Å². The minimum atomic E-state index is 0.0475. The van der Waals surface area contributed by atoms with Crippen LogP contribution in [0.2, 0.25) is 0 Å². The van der Waals surface area contributed by atoms with Gasteiger partial charge in [-0.1, -0.05) is 181 Å². The fourth-order valence-corrected chi connectivity index (χ4v) is 10.3. The monoisotopic (exact) mass is 878 g/mol. The molecule has 0 heterocycles. The van der Waals surface area contributed by atoms with Gasteiger partial charge in [0.05, 0.1) is 0 Å². The molecule has 2 nitrogen and oxygen atoms in total. The summed E-state index contributed by atoms with van der Waals surface area (Å²) >= 11 is 0. The SMILES string of the molecule is CC(C)(C)c1ccc(N(C2=CCCC=C2)c2ccc3c(-c4ccc5ccccc5c4)c4cc(N(c5ccccc5)c5ccc(C(C)(C)C)cc5)ccc4c(-c4ccc5ccccc5c4)c3c2)cc1. The molecule has 0 unspecified atom stereocenters. The number of hydrogen-bond donors (Lipinski definition) is 0. The third kappa shape index (κ3) is 8.05. The number of benzene rings is 10. The quantitative estimate of drug-likeness (QED) is 0.140. The van der Waals surface area contributed by atoms with Gasteiger partial charge in [-0.25, -0.2) is 0 Å². The molecule has 0 radical (unpaired) electrons. The van der Waals surface area contributed by atoms with E-state index in [1.54, 1.807) is 0 Å². The Kier molecular flexibility index (Phi) is 10.9. The summed E-state index contributed by atoms with van der Waals surface area (Å²) in [5.41, 5.74) is 14.4. The van der Waals surface area contributed by atoms with Gasteiger partial charge in [-0.2, -0.15) is 0 Å². The fourth-order valence-electron chi connectivity index (χ4n) is 10.3. The highest BCUT2D eigenvalue weighted by atomic mass is 15.1. The van der Waals surface area contributed by atoms with E-state index in [0.29, 0.717) is 0 Å². The molecule has 0 saturated carbocycles. The van der Waals surface area contributed by atoms with E-state index in [1.807, 2.05) is 0 Å². The zero-order valence-corrected chi connectivity index (χ0v) is 40.1. The van der Waals surface area contributed by atoms with Crippen LogP contribution in [0.3, 0.4) is 0 Å². The van der Waals surface area contributed by atoms with Crippen molar-refractivity contribution < 1.29 is 0 Å². The van der Waals surface area contributed by atoms with Gasteiger partial charge in [-0.15, -0.1) is 0 Å². The Labute approximate surface area is 402 Å². The van der Waals surface area contributed by atoms with E-state index < -0.39 is 0 Å². The van der Waals surface area contributed by atoms with Crippen molar-refractivity contribution in [3.8, 4) is 22.3 Å². The normalized spacial score (nSPS) is 13.1. The molecule has 10 aromatic carbocycles. The molecule has 0 bridgehead atoms. The highest BCUT2D eigenvalue weighted by Crippen LogP contribution is 2.49. The van der Waals surface area contributed by atoms with Gasteiger partial charge < -0.3 is 9.80 Å². The lowest BCUT2D eigenvalue weighted by Crippen LogP contribution is -2.17. The summed E-state index contributed by atoms with van der Waals surface area (Å²) in [7, 11) is 0. The lowest BCUT2D eigenvalue weighted by atomic mass is 9.84. The van der Waals surface area contributed by atoms with Crippen molar-refractivity contribution in [2.24, 2.45) is 0 Å². The lowest BCUT2D eigenvalue weighted by molar-refractivity contribution is 0.590. The highest BCUT2D eigenvalue weighted by molar-refractivity contribution is 6.23. The van der Waals surface area contributed by atoms with E-state index >= 15 is 0 Å². The summed E-state index contributed by atoms with van der Waals surface area (Å²) in [6.07, 6.45) is 9.07. The number of para-hydroxylation sites is 1. The van der Waals surface area contributed by atoms with E-state index in [-0.39, 0.29) is 10.8 Å². The highest BCUT2D eigenvalue weighted by Gasteiger charge is 2.24. The van der Waals surface area contributed by atoms with Gasteiger partial charge >= 0.3 is 0 Å². The van der Waals surface area contributed by atoms with Crippen molar-refractivity contribution in [1.29, 1.82) is 0 Å². The van der Waals surface area contributed by atoms with Crippen LogP contribution >= 0.6 is 0 Å². The van der Waals surface area contributed by atoms with E-state index in [0.717, 1.165) is 41.3 Å². The summed E-state index contributed by atoms with van der Waals surface area (Å²) in [5, 5.41) is 9.78. The van der Waals surface area contributed by atoms with Gasteiger partial charge in [0.1, 0.15) is 0 Å². The number of hydrogen-bond acceptors (Lipinski definition) is 2. The molecule has 0 N–H and O–H groups in total. The molecule has 10 aromatic rings. The predicted molar refractivity (Wildman–Crippen MR) is 294 cm³/mol. The molecule has 2 heteroatoms. The Bertz CT molecular complexity index is 3560. The van der Waals surface area contributed by atoms with Crippen molar-refractivity contribution in [2.45, 2.75) is 65.2 Å². The van der Waals surface area contributed by atoms with Gasteiger partial charge in [0, 0.05) is 34.1 Å². The van der Waals surface area contributed by atoms with E-state index in [1.165, 1.54) is 82.2 Å². The van der Waals surface area contributed by atoms with Crippen LogP contribution in [-0.4, -0.2) is 0 Å². The molecule has 0 saturated heterocycles. The smallest absolute Gasteiger partial charge is 0.0468 e. The lowest BCUT2D eigenvalue weighted by Gasteiger charge is -2.30. The second-order valence-corrected chi connectivity index (χ2v) is 20.5. The van der Waals surface area contributed by atoms with Crippen molar-refractivity contribution >= 4 is 71.5 Å². The average Bonchev–Trinajstić information content (AvgIpc) is 3.36. The number of nitrogens with zero attached hydrogens (tertiary/aromatic N) is 2. The van der Waals surface area contributed by atoms with E-state index in [4.69, 9.17) is 0 Å². The molecule has 0 aromatic heterocycles. The molecular weight excluding hydrogens is 821 g/mol. The topological polar surface area (TPSA) is 6.48 Å². The van der Waals surface area contributed by atoms with Crippen molar-refractivity contribution in [2.75, 3.05) is 9.80 Å². The number of rotatable bonds is 8. The third-order valence-electron chi connectivity index (χ3n) is 13.9. The van der Waals surface area contributed by atoms with Crippen LogP contribution in [0, 0.1) is 0 Å². The number of anilines is 5. The van der Waals surface area contributed by atoms with Crippen molar-refractivity contribution in [3.63, 3.8) is 0 Å². The van der Waals surface area contributed by atoms with Crippen LogP contribution in [0.15, 0.2) is 224 Å². The molecule has 0 atom stereocenters. The zero-order chi connectivity index (χ0) is 46.6. The molecule has 1 aliphatic carbocycles. The fraction of sp³-hybridized carbons (Fsp3) is 0.152. The second kappa shape index (κ2) is 17.2. The van der Waals surface area contributed by atoms with Crippen LogP contribution in [0.25, 0.3) is 65.3 Å². The van der Waals surface area contributed by atoms with Crippen molar-refractivity contribution in [1.82, 2.24) is 0 Å². The number of fused-ring (bicyclic) bond motifs is 4. The summed E-state index contributed by atoms with van der Waals surface area (Å²) in [4.78, 5) is 4.87. The molecule has 0 spiro atoms. The van der Waals surface area contributed by atoms with Crippen molar-refractivity contribution in [3.05, 3.63) is 235 Å². The van der Waals surface area contributed by atoms with E-state index in [2.05, 4.69) is 270 Å². The zero-order valence-electron chi connectivity index (χ0n) is 40.1. The molecular formula is C66H58N2. The van der Waals surface area contributed by atoms with Gasteiger partial charge in [0.2, 0.25) is 0 Å². The maximum Gasteiger partial charge on any atom is 0.0468 e. The Balaban J connectivity index is 1.23. The minimum absolute atomic E-state index is 0.0475. The van der Waals surface area contributed by atoms with E-state index in [9.17, 15) is 0 Å². The summed E-state index contributed by atoms with van der Waals surface area (Å²) in [5.74, 6) is 0. The molecule has 11 rings (SSSR count). The second-order valence-electron chi connectivity index (χ2n) is 20.5. The molecule has 0 aliphatic heterocycles. The molecule has 0 fully saturated rings. The van der Waals surface area contributed by atoms with Gasteiger partial charge in [0.15, 0.2) is 0 Å². The van der Waals surface area contributed by atoms with Crippen LogP contribution in [0.5, 0.6) is 0 Å². The Morgan fingerprint density at radius 2 is 0.765 bits per heavy atom. The molecule has 332 valence electrons. The minimum Gasteiger partial charge on any atom is -0.311 e. The van der Waals surface area contributed by atoms with Crippen LogP contribution < -0.4 is 9.80 Å². The number of allylic oxidation sites excluding steroid dienone is 3. The standard InChI is InChI=1S/C66H58N2/c1-65(2,3)51-29-33-55(34-30-51)67(53-21-9-7-10-22-53)57-37-39-59-61(43-57)63(49-27-25-45-17-13-15-19-47(45)41-49)60-40-38-58(44-62(60)64(59)50-28-26-46-18-14-16-20-48(46)42-50)68(54-23-11-8-12-24-54)56-35-31-52(32-36-56)66(4,5)6/h7,9-11,13-44H,8,12H2,1-6H3. The first kappa shape index (κ1) is 42.9. The summed E-state index contributed by atoms with van der Waals surface area (Å²) < 4.78 is 0. The van der Waals surface area contributed by atoms with Crippen LogP contribution in [0.1, 0.15) is 65.5 Å².